The largest absolute Gasteiger partial charge is 0.323 e. The van der Waals surface area contributed by atoms with Crippen LogP contribution in [0.3, 0.4) is 0 Å². The normalized spacial score (nSPS) is 10.3. The first-order valence-electron chi connectivity index (χ1n) is 7.22. The summed E-state index contributed by atoms with van der Waals surface area (Å²) in [5.74, 6) is 0. The van der Waals surface area contributed by atoms with Gasteiger partial charge in [-0.3, -0.25) is 4.98 Å². The summed E-state index contributed by atoms with van der Waals surface area (Å²) < 4.78 is 2.01. The zero-order valence-electron chi connectivity index (χ0n) is 12.9. The van der Waals surface area contributed by atoms with Gasteiger partial charge in [-0.05, 0) is 50.2 Å². The number of imidazole rings is 1. The molecule has 116 valence electrons. The van der Waals surface area contributed by atoms with Crippen LogP contribution in [0.2, 0.25) is 0 Å². The number of carbonyl (C=O) groups is 1. The van der Waals surface area contributed by atoms with Crippen molar-refractivity contribution >= 4 is 17.4 Å². The van der Waals surface area contributed by atoms with Gasteiger partial charge >= 0.3 is 6.03 Å². The Morgan fingerprint density at radius 1 is 0.957 bits per heavy atom. The molecule has 0 aliphatic heterocycles. The number of nitrogens with one attached hydrogen (secondary N) is 2. The minimum atomic E-state index is -0.293. The molecule has 3 aromatic rings. The highest BCUT2D eigenvalue weighted by Gasteiger charge is 2.06. The Morgan fingerprint density at radius 3 is 2.13 bits per heavy atom. The van der Waals surface area contributed by atoms with E-state index in [4.69, 9.17) is 0 Å². The molecule has 0 spiro atoms. The Labute approximate surface area is 134 Å². The van der Waals surface area contributed by atoms with Crippen LogP contribution in [0.15, 0.2) is 55.1 Å². The Hall–Kier alpha value is -3.15. The maximum absolute atomic E-state index is 11.9. The summed E-state index contributed by atoms with van der Waals surface area (Å²) in [6, 6.07) is 10.8. The second-order valence-corrected chi connectivity index (χ2v) is 5.15. The fourth-order valence-electron chi connectivity index (χ4n) is 2.19. The van der Waals surface area contributed by atoms with Crippen molar-refractivity contribution in [2.24, 2.45) is 0 Å². The summed E-state index contributed by atoms with van der Waals surface area (Å²) >= 11 is 0. The lowest BCUT2D eigenvalue weighted by molar-refractivity contribution is 0.262. The molecule has 2 aromatic heterocycles. The average Bonchev–Trinajstić information content (AvgIpc) is 2.89. The number of amides is 2. The van der Waals surface area contributed by atoms with Crippen molar-refractivity contribution in [3.05, 3.63) is 66.5 Å². The number of rotatable bonds is 3. The molecule has 3 rings (SSSR count). The smallest absolute Gasteiger partial charge is 0.308 e. The van der Waals surface area contributed by atoms with Crippen LogP contribution in [0.5, 0.6) is 0 Å². The summed E-state index contributed by atoms with van der Waals surface area (Å²) in [7, 11) is 0. The zero-order valence-corrected chi connectivity index (χ0v) is 12.9. The third kappa shape index (κ3) is 3.37. The molecule has 2 amide bonds. The SMILES string of the molecule is Cc1ncn(-c2ccc(NC(=O)Nc3ccncc3)cc2)c1C. The summed E-state index contributed by atoms with van der Waals surface area (Å²) in [4.78, 5) is 20.1. The molecule has 0 bridgehead atoms. The fraction of sp³-hybridized carbons (Fsp3) is 0.118. The van der Waals surface area contributed by atoms with Crippen molar-refractivity contribution in [1.82, 2.24) is 14.5 Å². The molecule has 1 aromatic carbocycles. The second kappa shape index (κ2) is 6.31. The molecule has 0 aliphatic rings. The fourth-order valence-corrected chi connectivity index (χ4v) is 2.19. The van der Waals surface area contributed by atoms with Crippen LogP contribution < -0.4 is 10.6 Å². The van der Waals surface area contributed by atoms with Crippen molar-refractivity contribution < 1.29 is 4.79 Å². The number of urea groups is 1. The highest BCUT2D eigenvalue weighted by molar-refractivity contribution is 5.99. The van der Waals surface area contributed by atoms with Gasteiger partial charge in [0.2, 0.25) is 0 Å². The molecule has 0 fully saturated rings. The molecule has 2 N–H and O–H groups in total. The molecule has 0 atom stereocenters. The lowest BCUT2D eigenvalue weighted by atomic mass is 10.2. The molecule has 0 unspecified atom stereocenters. The van der Waals surface area contributed by atoms with Crippen LogP contribution >= 0.6 is 0 Å². The van der Waals surface area contributed by atoms with Crippen LogP contribution in [-0.2, 0) is 0 Å². The van der Waals surface area contributed by atoms with E-state index in [9.17, 15) is 4.79 Å². The number of nitrogens with zero attached hydrogens (tertiary/aromatic N) is 3. The van der Waals surface area contributed by atoms with Crippen molar-refractivity contribution in [3.63, 3.8) is 0 Å². The van der Waals surface area contributed by atoms with E-state index in [-0.39, 0.29) is 6.03 Å². The van der Waals surface area contributed by atoms with Crippen LogP contribution in [0, 0.1) is 13.8 Å². The van der Waals surface area contributed by atoms with Crippen LogP contribution in [0.4, 0.5) is 16.2 Å². The lowest BCUT2D eigenvalue weighted by Gasteiger charge is -2.09. The number of benzene rings is 1. The summed E-state index contributed by atoms with van der Waals surface area (Å²) in [5, 5.41) is 5.54. The molecule has 0 aliphatic carbocycles. The molecular formula is C17H17N5O. The van der Waals surface area contributed by atoms with Gasteiger partial charge in [0.1, 0.15) is 0 Å². The van der Waals surface area contributed by atoms with E-state index in [2.05, 4.69) is 20.6 Å². The van der Waals surface area contributed by atoms with Crippen LogP contribution in [0.1, 0.15) is 11.4 Å². The number of aromatic nitrogens is 3. The zero-order chi connectivity index (χ0) is 16.2. The van der Waals surface area contributed by atoms with E-state index < -0.39 is 0 Å². The van der Waals surface area contributed by atoms with Crippen molar-refractivity contribution in [2.75, 3.05) is 10.6 Å². The number of pyridine rings is 1. The maximum Gasteiger partial charge on any atom is 0.323 e. The Bertz CT molecular complexity index is 809. The first-order chi connectivity index (χ1) is 11.1. The van der Waals surface area contributed by atoms with Crippen molar-refractivity contribution in [2.45, 2.75) is 13.8 Å². The van der Waals surface area contributed by atoms with E-state index in [1.54, 1.807) is 30.9 Å². The maximum atomic E-state index is 11.9. The van der Waals surface area contributed by atoms with Crippen LogP contribution in [0.25, 0.3) is 5.69 Å². The van der Waals surface area contributed by atoms with E-state index in [1.807, 2.05) is 42.7 Å². The van der Waals surface area contributed by atoms with Gasteiger partial charge in [-0.25, -0.2) is 9.78 Å². The molecule has 0 saturated heterocycles. The first kappa shape index (κ1) is 14.8. The van der Waals surface area contributed by atoms with Crippen LogP contribution in [-0.4, -0.2) is 20.6 Å². The van der Waals surface area contributed by atoms with Gasteiger partial charge in [0.15, 0.2) is 0 Å². The first-order valence-corrected chi connectivity index (χ1v) is 7.22. The Balaban J connectivity index is 1.68. The van der Waals surface area contributed by atoms with E-state index in [0.717, 1.165) is 22.8 Å². The quantitative estimate of drug-likeness (QED) is 0.777. The highest BCUT2D eigenvalue weighted by atomic mass is 16.2. The minimum absolute atomic E-state index is 0.293. The molecular weight excluding hydrogens is 290 g/mol. The number of carbonyl (C=O) groups excluding carboxylic acids is 1. The molecule has 2 heterocycles. The van der Waals surface area contributed by atoms with Gasteiger partial charge in [0.25, 0.3) is 0 Å². The molecule has 23 heavy (non-hydrogen) atoms. The van der Waals surface area contributed by atoms with Gasteiger partial charge < -0.3 is 15.2 Å². The average molecular weight is 307 g/mol. The third-order valence-electron chi connectivity index (χ3n) is 3.59. The number of aryl methyl sites for hydroxylation is 1. The lowest BCUT2D eigenvalue weighted by Crippen LogP contribution is -2.19. The monoisotopic (exact) mass is 307 g/mol. The van der Waals surface area contributed by atoms with Gasteiger partial charge in [0.05, 0.1) is 12.0 Å². The van der Waals surface area contributed by atoms with E-state index in [1.165, 1.54) is 0 Å². The molecule has 0 saturated carbocycles. The van der Waals surface area contributed by atoms with E-state index in [0.29, 0.717) is 5.69 Å². The standard InChI is InChI=1S/C17H17N5O/c1-12-13(2)22(11-19-12)16-5-3-14(4-6-16)20-17(23)21-15-7-9-18-10-8-15/h3-11H,1-2H3,(H2,18,20,21,23). The van der Waals surface area contributed by atoms with Crippen molar-refractivity contribution in [1.29, 1.82) is 0 Å². The number of hydrogen-bond acceptors (Lipinski definition) is 3. The highest BCUT2D eigenvalue weighted by Crippen LogP contribution is 2.17. The van der Waals surface area contributed by atoms with Gasteiger partial charge in [-0.15, -0.1) is 0 Å². The summed E-state index contributed by atoms with van der Waals surface area (Å²) in [6.07, 6.45) is 5.04. The second-order valence-electron chi connectivity index (χ2n) is 5.15. The molecule has 0 radical (unpaired) electrons. The third-order valence-corrected chi connectivity index (χ3v) is 3.59. The predicted molar refractivity (Wildman–Crippen MR) is 89.9 cm³/mol. The summed E-state index contributed by atoms with van der Waals surface area (Å²) in [5.41, 5.74) is 4.52. The number of anilines is 2. The molecule has 6 nitrogen and oxygen atoms in total. The van der Waals surface area contributed by atoms with Gasteiger partial charge in [-0.1, -0.05) is 0 Å². The number of hydrogen-bond donors (Lipinski definition) is 2. The molecule has 6 heteroatoms. The predicted octanol–water partition coefficient (Wildman–Crippen LogP) is 3.53. The van der Waals surface area contributed by atoms with Crippen molar-refractivity contribution in [3.8, 4) is 5.69 Å². The van der Waals surface area contributed by atoms with E-state index >= 15 is 0 Å². The Morgan fingerprint density at radius 2 is 1.57 bits per heavy atom. The van der Waals surface area contributed by atoms with Gasteiger partial charge in [0, 0.05) is 35.1 Å². The minimum Gasteiger partial charge on any atom is -0.308 e. The van der Waals surface area contributed by atoms with Gasteiger partial charge in [-0.2, -0.15) is 0 Å². The Kier molecular flexibility index (Phi) is 4.05. The summed E-state index contributed by atoms with van der Waals surface area (Å²) in [6.45, 7) is 4.00. The topological polar surface area (TPSA) is 71.8 Å².